The van der Waals surface area contributed by atoms with E-state index in [0.29, 0.717) is 11.5 Å². The van der Waals surface area contributed by atoms with E-state index in [2.05, 4.69) is 0 Å². The average Bonchev–Trinajstić information content (AvgIpc) is 2.61. The van der Waals surface area contributed by atoms with Crippen LogP contribution in [0.5, 0.6) is 11.5 Å². The minimum absolute atomic E-state index is 0.190. The molecule has 0 amide bonds. The summed E-state index contributed by atoms with van der Waals surface area (Å²) in [6, 6.07) is 13.0. The fraction of sp³-hybridized carbons (Fsp3) is 0.118. The monoisotopic (exact) mass is 366 g/mol. The number of benzene rings is 2. The molecule has 0 saturated heterocycles. The predicted octanol–water partition coefficient (Wildman–Crippen LogP) is 3.01. The van der Waals surface area contributed by atoms with Crippen molar-refractivity contribution in [1.29, 1.82) is 0 Å². The Balaban J connectivity index is 0.000000401. The second kappa shape index (κ2) is 11.7. The molecule has 2 aromatic rings. The summed E-state index contributed by atoms with van der Waals surface area (Å²) in [6.45, 7) is 0. The SMILES string of the molecule is COc1ccccc1C(=O)O.COc1ccccc1C(=O)O.O=C(O)O. The normalized spacial score (nSPS) is 8.69. The van der Waals surface area contributed by atoms with E-state index in [-0.39, 0.29) is 11.1 Å². The minimum Gasteiger partial charge on any atom is -0.496 e. The summed E-state index contributed by atoms with van der Waals surface area (Å²) in [5.41, 5.74) is 0.380. The molecule has 9 nitrogen and oxygen atoms in total. The smallest absolute Gasteiger partial charge is 0.496 e. The molecule has 9 heteroatoms. The van der Waals surface area contributed by atoms with Gasteiger partial charge in [0.15, 0.2) is 0 Å². The van der Waals surface area contributed by atoms with Crippen molar-refractivity contribution in [3.05, 3.63) is 59.7 Å². The van der Waals surface area contributed by atoms with Crippen LogP contribution in [0.1, 0.15) is 20.7 Å². The molecular formula is C17H18O9. The fourth-order valence-electron chi connectivity index (χ4n) is 1.64. The Morgan fingerprint density at radius 3 is 1.12 bits per heavy atom. The lowest BCUT2D eigenvalue weighted by Gasteiger charge is -2.01. The Morgan fingerprint density at radius 2 is 0.923 bits per heavy atom. The van der Waals surface area contributed by atoms with Gasteiger partial charge in [-0.2, -0.15) is 0 Å². The molecule has 0 atom stereocenters. The highest BCUT2D eigenvalue weighted by Crippen LogP contribution is 2.17. The van der Waals surface area contributed by atoms with Crippen LogP contribution in [0.25, 0.3) is 0 Å². The Bertz CT molecular complexity index is 679. The molecule has 140 valence electrons. The summed E-state index contributed by atoms with van der Waals surface area (Å²) in [5.74, 6) is -1.16. The first-order valence-corrected chi connectivity index (χ1v) is 6.89. The Hall–Kier alpha value is -3.75. The number of para-hydroxylation sites is 2. The van der Waals surface area contributed by atoms with Crippen LogP contribution >= 0.6 is 0 Å². The highest BCUT2D eigenvalue weighted by molar-refractivity contribution is 5.91. The largest absolute Gasteiger partial charge is 0.503 e. The summed E-state index contributed by atoms with van der Waals surface area (Å²) in [7, 11) is 2.89. The Labute approximate surface area is 148 Å². The molecule has 0 heterocycles. The fourth-order valence-corrected chi connectivity index (χ4v) is 1.64. The number of carboxylic acid groups (broad SMARTS) is 4. The first kappa shape index (κ1) is 22.2. The van der Waals surface area contributed by atoms with Gasteiger partial charge in [0.1, 0.15) is 22.6 Å². The summed E-state index contributed by atoms with van der Waals surface area (Å²) < 4.78 is 9.65. The zero-order valence-corrected chi connectivity index (χ0v) is 13.9. The molecule has 0 aliphatic rings. The highest BCUT2D eigenvalue weighted by atomic mass is 16.6. The van der Waals surface area contributed by atoms with Gasteiger partial charge >= 0.3 is 18.1 Å². The van der Waals surface area contributed by atoms with Crippen LogP contribution in [-0.2, 0) is 0 Å². The van der Waals surface area contributed by atoms with Crippen molar-refractivity contribution in [2.24, 2.45) is 0 Å². The van der Waals surface area contributed by atoms with Gasteiger partial charge in [-0.05, 0) is 24.3 Å². The van der Waals surface area contributed by atoms with Gasteiger partial charge in [0.2, 0.25) is 0 Å². The Morgan fingerprint density at radius 1 is 0.654 bits per heavy atom. The molecule has 0 radical (unpaired) electrons. The summed E-state index contributed by atoms with van der Waals surface area (Å²) in [6.07, 6.45) is -1.83. The van der Waals surface area contributed by atoms with Gasteiger partial charge in [0, 0.05) is 0 Å². The van der Waals surface area contributed by atoms with Crippen LogP contribution in [0.4, 0.5) is 4.79 Å². The maximum Gasteiger partial charge on any atom is 0.503 e. The van der Waals surface area contributed by atoms with Crippen molar-refractivity contribution in [1.82, 2.24) is 0 Å². The lowest BCUT2D eigenvalue weighted by atomic mass is 10.2. The van der Waals surface area contributed by atoms with Gasteiger partial charge in [-0.1, -0.05) is 24.3 Å². The van der Waals surface area contributed by atoms with E-state index in [9.17, 15) is 9.59 Å². The standard InChI is InChI=1S/2C8H8O3.CH2O3/c2*1-11-7-5-3-2-4-6(7)8(9)10;2-1(3)4/h2*2-5H,1H3,(H,9,10);(H2,2,3,4). The van der Waals surface area contributed by atoms with E-state index >= 15 is 0 Å². The number of aromatic carboxylic acids is 2. The molecule has 0 spiro atoms. The topological polar surface area (TPSA) is 151 Å². The minimum atomic E-state index is -1.83. The van der Waals surface area contributed by atoms with Gasteiger partial charge in [-0.3, -0.25) is 0 Å². The second-order valence-corrected chi connectivity index (χ2v) is 4.29. The highest BCUT2D eigenvalue weighted by Gasteiger charge is 2.08. The average molecular weight is 366 g/mol. The molecular weight excluding hydrogens is 348 g/mol. The summed E-state index contributed by atoms with van der Waals surface area (Å²) in [5, 5.41) is 31.2. The molecule has 2 aromatic carbocycles. The van der Waals surface area contributed by atoms with Gasteiger partial charge in [0.05, 0.1) is 14.2 Å². The van der Waals surface area contributed by atoms with E-state index < -0.39 is 18.1 Å². The number of rotatable bonds is 4. The third-order valence-corrected chi connectivity index (χ3v) is 2.67. The van der Waals surface area contributed by atoms with Gasteiger partial charge in [-0.25, -0.2) is 14.4 Å². The van der Waals surface area contributed by atoms with E-state index in [1.807, 2.05) is 0 Å². The van der Waals surface area contributed by atoms with E-state index in [1.54, 1.807) is 36.4 Å². The zero-order valence-electron chi connectivity index (χ0n) is 13.9. The first-order chi connectivity index (χ1) is 12.2. The van der Waals surface area contributed by atoms with Crippen LogP contribution in [0, 0.1) is 0 Å². The van der Waals surface area contributed by atoms with Crippen molar-refractivity contribution in [3.8, 4) is 11.5 Å². The van der Waals surface area contributed by atoms with Crippen molar-refractivity contribution < 1.29 is 44.3 Å². The first-order valence-electron chi connectivity index (χ1n) is 6.89. The molecule has 0 aliphatic heterocycles. The van der Waals surface area contributed by atoms with Crippen LogP contribution in [0.3, 0.4) is 0 Å². The molecule has 0 aliphatic carbocycles. The van der Waals surface area contributed by atoms with Crippen LogP contribution < -0.4 is 9.47 Å². The quantitative estimate of drug-likeness (QED) is 0.640. The Kier molecular flexibility index (Phi) is 10.0. The molecule has 0 bridgehead atoms. The zero-order chi connectivity index (χ0) is 20.1. The van der Waals surface area contributed by atoms with Crippen LogP contribution in [0.2, 0.25) is 0 Å². The van der Waals surface area contributed by atoms with Crippen molar-refractivity contribution in [2.45, 2.75) is 0 Å². The maximum atomic E-state index is 10.5. The van der Waals surface area contributed by atoms with E-state index in [1.165, 1.54) is 26.4 Å². The third-order valence-electron chi connectivity index (χ3n) is 2.67. The molecule has 0 unspecified atom stereocenters. The summed E-state index contributed by atoms with van der Waals surface area (Å²) in [4.78, 5) is 29.6. The summed E-state index contributed by atoms with van der Waals surface area (Å²) >= 11 is 0. The van der Waals surface area contributed by atoms with Gasteiger partial charge < -0.3 is 29.9 Å². The number of hydrogen-bond acceptors (Lipinski definition) is 5. The molecule has 4 N–H and O–H groups in total. The maximum absolute atomic E-state index is 10.5. The number of ether oxygens (including phenoxy) is 2. The van der Waals surface area contributed by atoms with Gasteiger partial charge in [-0.15, -0.1) is 0 Å². The van der Waals surface area contributed by atoms with Crippen LogP contribution in [-0.4, -0.2) is 52.7 Å². The van der Waals surface area contributed by atoms with Crippen LogP contribution in [0.15, 0.2) is 48.5 Å². The molecule has 26 heavy (non-hydrogen) atoms. The number of carbonyl (C=O) groups is 3. The molecule has 0 fully saturated rings. The lowest BCUT2D eigenvalue weighted by molar-refractivity contribution is 0.0682. The van der Waals surface area contributed by atoms with Crippen molar-refractivity contribution in [2.75, 3.05) is 14.2 Å². The lowest BCUT2D eigenvalue weighted by Crippen LogP contribution is -1.99. The van der Waals surface area contributed by atoms with Gasteiger partial charge in [0.25, 0.3) is 0 Å². The molecule has 2 rings (SSSR count). The molecule has 0 aromatic heterocycles. The van der Waals surface area contributed by atoms with Crippen molar-refractivity contribution >= 4 is 18.1 Å². The molecule has 0 saturated carbocycles. The number of carboxylic acids is 2. The predicted molar refractivity (Wildman–Crippen MR) is 90.6 cm³/mol. The second-order valence-electron chi connectivity index (χ2n) is 4.29. The number of hydrogen-bond donors (Lipinski definition) is 4. The van der Waals surface area contributed by atoms with E-state index in [4.69, 9.17) is 34.7 Å². The van der Waals surface area contributed by atoms with Crippen molar-refractivity contribution in [3.63, 3.8) is 0 Å². The van der Waals surface area contributed by atoms with E-state index in [0.717, 1.165) is 0 Å². The number of methoxy groups -OCH3 is 2. The third kappa shape index (κ3) is 8.20.